The number of hydrogen-bond acceptors (Lipinski definition) is 5. The molecule has 1 N–H and O–H groups in total. The molecule has 7 nitrogen and oxygen atoms in total. The standard InChI is InChI=1S/C15H15N3O4/c1-22-15-7-6-11(10-17-15)9-16-14(19)8-12-4-2-3-5-13(12)18(20)21/h2-7,10H,8-9H2,1H3,(H,16,19). The number of nitro groups is 1. The number of carbonyl (C=O) groups is 1. The number of rotatable bonds is 6. The number of nitrogens with one attached hydrogen (secondary N) is 1. The molecule has 0 unspecified atom stereocenters. The Morgan fingerprint density at radius 1 is 1.32 bits per heavy atom. The Hall–Kier alpha value is -2.96. The van der Waals surface area contributed by atoms with Crippen LogP contribution >= 0.6 is 0 Å². The minimum Gasteiger partial charge on any atom is -0.481 e. The summed E-state index contributed by atoms with van der Waals surface area (Å²) in [6.07, 6.45) is 1.56. The molecule has 0 aliphatic rings. The number of pyridine rings is 1. The number of nitro benzene ring substituents is 1. The Morgan fingerprint density at radius 3 is 2.73 bits per heavy atom. The van der Waals surface area contributed by atoms with E-state index in [0.29, 0.717) is 18.0 Å². The highest BCUT2D eigenvalue weighted by Crippen LogP contribution is 2.18. The fourth-order valence-electron chi connectivity index (χ4n) is 1.91. The molecule has 0 atom stereocenters. The highest BCUT2D eigenvalue weighted by Gasteiger charge is 2.15. The van der Waals surface area contributed by atoms with Crippen LogP contribution in [-0.2, 0) is 17.8 Å². The van der Waals surface area contributed by atoms with Gasteiger partial charge in [-0.15, -0.1) is 0 Å². The van der Waals surface area contributed by atoms with E-state index in [4.69, 9.17) is 4.74 Å². The van der Waals surface area contributed by atoms with E-state index < -0.39 is 4.92 Å². The van der Waals surface area contributed by atoms with Crippen LogP contribution in [0.25, 0.3) is 0 Å². The van der Waals surface area contributed by atoms with Gasteiger partial charge in [-0.2, -0.15) is 0 Å². The molecule has 0 saturated carbocycles. The lowest BCUT2D eigenvalue weighted by Crippen LogP contribution is -2.24. The lowest BCUT2D eigenvalue weighted by atomic mass is 10.1. The second-order valence-corrected chi connectivity index (χ2v) is 4.55. The number of methoxy groups -OCH3 is 1. The first kappa shape index (κ1) is 15.4. The minimum absolute atomic E-state index is 0.0409. The first-order valence-electron chi connectivity index (χ1n) is 6.58. The second-order valence-electron chi connectivity index (χ2n) is 4.55. The minimum atomic E-state index is -0.490. The van der Waals surface area contributed by atoms with Crippen LogP contribution in [0.4, 0.5) is 5.69 Å². The van der Waals surface area contributed by atoms with Gasteiger partial charge in [0.05, 0.1) is 18.5 Å². The average molecular weight is 301 g/mol. The Morgan fingerprint density at radius 2 is 2.09 bits per heavy atom. The van der Waals surface area contributed by atoms with Gasteiger partial charge in [0.1, 0.15) is 0 Å². The lowest BCUT2D eigenvalue weighted by molar-refractivity contribution is -0.385. The van der Waals surface area contributed by atoms with Gasteiger partial charge in [0.15, 0.2) is 0 Å². The third kappa shape index (κ3) is 4.02. The summed E-state index contributed by atoms with van der Waals surface area (Å²) in [6.45, 7) is 0.302. The van der Waals surface area contributed by atoms with Crippen LogP contribution < -0.4 is 10.1 Å². The number of amides is 1. The maximum Gasteiger partial charge on any atom is 0.273 e. The number of ether oxygens (including phenoxy) is 1. The van der Waals surface area contributed by atoms with Crippen LogP contribution in [0.15, 0.2) is 42.6 Å². The Labute approximate surface area is 127 Å². The van der Waals surface area contributed by atoms with E-state index in [2.05, 4.69) is 10.3 Å². The quantitative estimate of drug-likeness (QED) is 0.649. The van der Waals surface area contributed by atoms with Crippen molar-refractivity contribution in [1.29, 1.82) is 0 Å². The molecule has 0 aliphatic heterocycles. The molecular formula is C15H15N3O4. The molecule has 1 amide bonds. The molecule has 2 aromatic rings. The Kier molecular flexibility index (Phi) is 5.02. The summed E-state index contributed by atoms with van der Waals surface area (Å²) in [5.74, 6) is 0.208. The van der Waals surface area contributed by atoms with Gasteiger partial charge in [0.2, 0.25) is 11.8 Å². The summed E-state index contributed by atoms with van der Waals surface area (Å²) in [4.78, 5) is 26.3. The van der Waals surface area contributed by atoms with Gasteiger partial charge in [-0.1, -0.05) is 24.3 Å². The zero-order valence-corrected chi connectivity index (χ0v) is 12.0. The van der Waals surface area contributed by atoms with E-state index in [-0.39, 0.29) is 18.0 Å². The normalized spacial score (nSPS) is 10.0. The van der Waals surface area contributed by atoms with Crippen molar-refractivity contribution in [3.63, 3.8) is 0 Å². The number of hydrogen-bond donors (Lipinski definition) is 1. The summed E-state index contributed by atoms with van der Waals surface area (Å²) in [5, 5.41) is 13.6. The monoisotopic (exact) mass is 301 g/mol. The molecule has 1 aromatic heterocycles. The van der Waals surface area contributed by atoms with Crippen LogP contribution in [0.3, 0.4) is 0 Å². The first-order valence-corrected chi connectivity index (χ1v) is 6.58. The van der Waals surface area contributed by atoms with Crippen molar-refractivity contribution in [2.24, 2.45) is 0 Å². The highest BCUT2D eigenvalue weighted by atomic mass is 16.6. The van der Waals surface area contributed by atoms with Crippen molar-refractivity contribution in [2.75, 3.05) is 7.11 Å². The average Bonchev–Trinajstić information content (AvgIpc) is 2.53. The maximum absolute atomic E-state index is 11.9. The molecule has 114 valence electrons. The molecule has 1 heterocycles. The fraction of sp³-hybridized carbons (Fsp3) is 0.200. The van der Waals surface area contributed by atoms with E-state index in [1.54, 1.807) is 36.5 Å². The lowest BCUT2D eigenvalue weighted by Gasteiger charge is -2.06. The summed E-state index contributed by atoms with van der Waals surface area (Å²) in [5.41, 5.74) is 1.15. The molecule has 0 bridgehead atoms. The van der Waals surface area contributed by atoms with Crippen molar-refractivity contribution in [2.45, 2.75) is 13.0 Å². The summed E-state index contributed by atoms with van der Waals surface area (Å²) < 4.78 is 4.95. The van der Waals surface area contributed by atoms with E-state index >= 15 is 0 Å². The van der Waals surface area contributed by atoms with Crippen LogP contribution in [0.1, 0.15) is 11.1 Å². The number of nitrogens with zero attached hydrogens (tertiary/aromatic N) is 2. The molecule has 7 heteroatoms. The van der Waals surface area contributed by atoms with E-state index in [1.807, 2.05) is 0 Å². The van der Waals surface area contributed by atoms with E-state index in [9.17, 15) is 14.9 Å². The summed E-state index contributed by atoms with van der Waals surface area (Å²) in [7, 11) is 1.52. The largest absolute Gasteiger partial charge is 0.481 e. The van der Waals surface area contributed by atoms with Gasteiger partial charge in [-0.3, -0.25) is 14.9 Å². The molecule has 0 aliphatic carbocycles. The van der Waals surface area contributed by atoms with Gasteiger partial charge in [0, 0.05) is 30.4 Å². The van der Waals surface area contributed by atoms with Crippen LogP contribution in [-0.4, -0.2) is 22.9 Å². The van der Waals surface area contributed by atoms with Crippen molar-refractivity contribution < 1.29 is 14.5 Å². The fourth-order valence-corrected chi connectivity index (χ4v) is 1.91. The zero-order chi connectivity index (χ0) is 15.9. The predicted octanol–water partition coefficient (Wildman–Crippen LogP) is 1.86. The molecule has 1 aromatic carbocycles. The van der Waals surface area contributed by atoms with Crippen LogP contribution in [0, 0.1) is 10.1 Å². The van der Waals surface area contributed by atoms with Crippen molar-refractivity contribution in [1.82, 2.24) is 10.3 Å². The zero-order valence-electron chi connectivity index (χ0n) is 12.0. The number of benzene rings is 1. The molecule has 0 spiro atoms. The molecule has 22 heavy (non-hydrogen) atoms. The van der Waals surface area contributed by atoms with Crippen molar-refractivity contribution >= 4 is 11.6 Å². The van der Waals surface area contributed by atoms with Gasteiger partial charge < -0.3 is 10.1 Å². The van der Waals surface area contributed by atoms with E-state index in [1.165, 1.54) is 13.2 Å². The smallest absolute Gasteiger partial charge is 0.273 e. The van der Waals surface area contributed by atoms with Gasteiger partial charge in [0.25, 0.3) is 5.69 Å². The predicted molar refractivity (Wildman–Crippen MR) is 79.4 cm³/mol. The second kappa shape index (κ2) is 7.16. The molecule has 2 rings (SSSR count). The van der Waals surface area contributed by atoms with Crippen molar-refractivity contribution in [3.8, 4) is 5.88 Å². The van der Waals surface area contributed by atoms with Gasteiger partial charge >= 0.3 is 0 Å². The van der Waals surface area contributed by atoms with Crippen LogP contribution in [0.2, 0.25) is 0 Å². The number of carbonyl (C=O) groups excluding carboxylic acids is 1. The maximum atomic E-state index is 11.9. The molecule has 0 radical (unpaired) electrons. The number of para-hydroxylation sites is 1. The molecular weight excluding hydrogens is 286 g/mol. The summed E-state index contributed by atoms with van der Waals surface area (Å²) in [6, 6.07) is 9.69. The number of aromatic nitrogens is 1. The highest BCUT2D eigenvalue weighted by molar-refractivity contribution is 5.79. The summed E-state index contributed by atoms with van der Waals surface area (Å²) >= 11 is 0. The first-order chi connectivity index (χ1) is 10.6. The Balaban J connectivity index is 1.94. The topological polar surface area (TPSA) is 94.4 Å². The SMILES string of the molecule is COc1ccc(CNC(=O)Cc2ccccc2[N+](=O)[O-])cn1. The third-order valence-corrected chi connectivity index (χ3v) is 3.04. The van der Waals surface area contributed by atoms with Crippen LogP contribution in [0.5, 0.6) is 5.88 Å². The van der Waals surface area contributed by atoms with E-state index in [0.717, 1.165) is 5.56 Å². The molecule has 0 fully saturated rings. The van der Waals surface area contributed by atoms with Gasteiger partial charge in [-0.05, 0) is 5.56 Å². The van der Waals surface area contributed by atoms with Gasteiger partial charge in [-0.25, -0.2) is 4.98 Å². The molecule has 0 saturated heterocycles. The Bertz CT molecular complexity index is 671. The third-order valence-electron chi connectivity index (χ3n) is 3.04. The van der Waals surface area contributed by atoms with Crippen molar-refractivity contribution in [3.05, 3.63) is 63.8 Å².